The molecule has 1 N–H and O–H groups in total. The summed E-state index contributed by atoms with van der Waals surface area (Å²) in [5.41, 5.74) is 0.560. The van der Waals surface area contributed by atoms with Gasteiger partial charge in [0.2, 0.25) is 5.89 Å². The second-order valence-corrected chi connectivity index (χ2v) is 8.49. The minimum absolute atomic E-state index is 0.109. The number of hydrogen-bond donors (Lipinski definition) is 1. The van der Waals surface area contributed by atoms with Crippen molar-refractivity contribution in [3.63, 3.8) is 0 Å². The Morgan fingerprint density at radius 3 is 2.42 bits per heavy atom. The number of carbonyl (C=O) groups is 1. The van der Waals surface area contributed by atoms with Gasteiger partial charge in [0, 0.05) is 24.9 Å². The van der Waals surface area contributed by atoms with Gasteiger partial charge in [-0.25, -0.2) is 9.48 Å². The Morgan fingerprint density at radius 2 is 1.92 bits per heavy atom. The molecule has 0 saturated carbocycles. The molecule has 0 aliphatic carbocycles. The predicted molar refractivity (Wildman–Crippen MR) is 100 cm³/mol. The van der Waals surface area contributed by atoms with Crippen LogP contribution in [0.4, 0.5) is 10.6 Å². The van der Waals surface area contributed by atoms with E-state index in [2.05, 4.69) is 57.0 Å². The Kier molecular flexibility index (Phi) is 5.44. The molecule has 144 valence electrons. The molecule has 2 aromatic heterocycles. The summed E-state index contributed by atoms with van der Waals surface area (Å²) in [7, 11) is 1.69. The number of anilines is 1. The number of carbonyl (C=O) groups excluding carboxylic acids is 1. The normalized spacial score (nSPS) is 12.3. The molecular weight excluding hydrogens is 332 g/mol. The van der Waals surface area contributed by atoms with Gasteiger partial charge in [0.1, 0.15) is 12.4 Å². The summed E-state index contributed by atoms with van der Waals surface area (Å²) in [6.07, 6.45) is 0.694. The number of amides is 2. The van der Waals surface area contributed by atoms with Crippen LogP contribution in [0.1, 0.15) is 65.9 Å². The lowest BCUT2D eigenvalue weighted by Gasteiger charge is -2.24. The summed E-state index contributed by atoms with van der Waals surface area (Å²) in [4.78, 5) is 18.4. The second-order valence-electron chi connectivity index (χ2n) is 8.49. The largest absolute Gasteiger partial charge is 0.337 e. The number of urea groups is 1. The number of rotatable bonds is 4. The molecule has 0 aromatic carbocycles. The molecule has 0 radical (unpaired) electrons. The van der Waals surface area contributed by atoms with Gasteiger partial charge in [-0.05, 0) is 20.8 Å². The van der Waals surface area contributed by atoms with Gasteiger partial charge in [0.05, 0.1) is 11.2 Å². The molecule has 0 spiro atoms. The van der Waals surface area contributed by atoms with E-state index in [-0.39, 0.29) is 23.5 Å². The molecular formula is C18H30N6O2. The van der Waals surface area contributed by atoms with Crippen molar-refractivity contribution in [2.24, 2.45) is 0 Å². The fraction of sp³-hybridized carbons (Fsp3) is 0.667. The second kappa shape index (κ2) is 7.09. The van der Waals surface area contributed by atoms with Crippen LogP contribution in [-0.4, -0.2) is 37.9 Å². The highest BCUT2D eigenvalue weighted by atomic mass is 16.5. The lowest BCUT2D eigenvalue weighted by Crippen LogP contribution is -2.33. The van der Waals surface area contributed by atoms with E-state index in [0.717, 1.165) is 5.69 Å². The van der Waals surface area contributed by atoms with E-state index in [9.17, 15) is 4.79 Å². The van der Waals surface area contributed by atoms with Gasteiger partial charge < -0.3 is 9.42 Å². The van der Waals surface area contributed by atoms with E-state index in [1.54, 1.807) is 7.05 Å². The molecule has 2 amide bonds. The highest BCUT2D eigenvalue weighted by molar-refractivity contribution is 5.88. The smallest absolute Gasteiger partial charge is 0.323 e. The van der Waals surface area contributed by atoms with Crippen LogP contribution < -0.4 is 5.32 Å². The summed E-state index contributed by atoms with van der Waals surface area (Å²) in [5, 5.41) is 11.5. The van der Waals surface area contributed by atoms with Gasteiger partial charge in [-0.15, -0.1) is 0 Å². The van der Waals surface area contributed by atoms with Crippen molar-refractivity contribution in [2.75, 3.05) is 12.4 Å². The van der Waals surface area contributed by atoms with Crippen molar-refractivity contribution in [2.45, 2.75) is 72.4 Å². The number of aryl methyl sites for hydroxylation is 1. The molecule has 0 aliphatic heterocycles. The van der Waals surface area contributed by atoms with Crippen LogP contribution in [0.5, 0.6) is 0 Å². The van der Waals surface area contributed by atoms with Crippen molar-refractivity contribution < 1.29 is 9.32 Å². The average molecular weight is 362 g/mol. The molecule has 0 unspecified atom stereocenters. The Morgan fingerprint density at radius 1 is 1.27 bits per heavy atom. The molecule has 2 rings (SSSR count). The fourth-order valence-electron chi connectivity index (χ4n) is 2.33. The molecule has 8 heteroatoms. The topological polar surface area (TPSA) is 89.1 Å². The third-order valence-electron chi connectivity index (χ3n) is 3.89. The van der Waals surface area contributed by atoms with E-state index in [1.165, 1.54) is 4.90 Å². The molecule has 0 bridgehead atoms. The van der Waals surface area contributed by atoms with E-state index in [4.69, 9.17) is 9.62 Å². The standard InChI is InChI=1S/C18H30N6O2/c1-9-13-19-15(26-22-13)11-23(8)16(25)20-14-10-12(17(2,3)4)21-24(14)18(5,6)7/h10H,9,11H2,1-8H3,(H,20,25). The van der Waals surface area contributed by atoms with Crippen LogP contribution in [0.15, 0.2) is 10.6 Å². The van der Waals surface area contributed by atoms with Gasteiger partial charge in [-0.2, -0.15) is 10.1 Å². The molecule has 8 nitrogen and oxygen atoms in total. The van der Waals surface area contributed by atoms with Gasteiger partial charge in [-0.3, -0.25) is 5.32 Å². The monoisotopic (exact) mass is 362 g/mol. The van der Waals surface area contributed by atoms with Crippen LogP contribution in [0, 0.1) is 0 Å². The molecule has 2 heterocycles. The zero-order chi connectivity index (χ0) is 19.7. The SMILES string of the molecule is CCc1noc(CN(C)C(=O)Nc2cc(C(C)(C)C)nn2C(C)(C)C)n1. The average Bonchev–Trinajstić information content (AvgIpc) is 3.12. The van der Waals surface area contributed by atoms with Crippen molar-refractivity contribution in [1.29, 1.82) is 0 Å². The van der Waals surface area contributed by atoms with E-state index in [0.29, 0.717) is 24.0 Å². The van der Waals surface area contributed by atoms with Gasteiger partial charge >= 0.3 is 6.03 Å². The minimum Gasteiger partial charge on any atom is -0.337 e. The van der Waals surface area contributed by atoms with Gasteiger partial charge in [0.15, 0.2) is 5.82 Å². The van der Waals surface area contributed by atoms with Crippen LogP contribution in [-0.2, 0) is 23.9 Å². The molecule has 0 fully saturated rings. The zero-order valence-corrected chi connectivity index (χ0v) is 17.0. The summed E-state index contributed by atoms with van der Waals surface area (Å²) >= 11 is 0. The number of nitrogens with zero attached hydrogens (tertiary/aromatic N) is 5. The summed E-state index contributed by atoms with van der Waals surface area (Å²) in [5.74, 6) is 1.72. The van der Waals surface area contributed by atoms with Crippen molar-refractivity contribution >= 4 is 11.8 Å². The first-order valence-electron chi connectivity index (χ1n) is 8.86. The Bertz CT molecular complexity index is 763. The Balaban J connectivity index is 2.18. The maximum Gasteiger partial charge on any atom is 0.323 e. The molecule has 0 atom stereocenters. The van der Waals surface area contributed by atoms with Gasteiger partial charge in [0.25, 0.3) is 0 Å². The number of nitrogens with one attached hydrogen (secondary N) is 1. The first-order valence-corrected chi connectivity index (χ1v) is 8.86. The first kappa shape index (κ1) is 19.9. The maximum atomic E-state index is 12.6. The molecule has 2 aromatic rings. The minimum atomic E-state index is -0.257. The van der Waals surface area contributed by atoms with Gasteiger partial charge in [-0.1, -0.05) is 32.9 Å². The highest BCUT2D eigenvalue weighted by Gasteiger charge is 2.26. The third kappa shape index (κ3) is 4.62. The van der Waals surface area contributed by atoms with E-state index < -0.39 is 0 Å². The Hall–Kier alpha value is -2.38. The highest BCUT2D eigenvalue weighted by Crippen LogP contribution is 2.28. The summed E-state index contributed by atoms with van der Waals surface area (Å²) in [6.45, 7) is 14.6. The Labute approximate surface area is 154 Å². The lowest BCUT2D eigenvalue weighted by atomic mass is 9.92. The van der Waals surface area contributed by atoms with E-state index >= 15 is 0 Å². The number of aromatic nitrogens is 4. The molecule has 0 saturated heterocycles. The van der Waals surface area contributed by atoms with Crippen molar-refractivity contribution in [3.8, 4) is 0 Å². The lowest BCUT2D eigenvalue weighted by molar-refractivity contribution is 0.212. The van der Waals surface area contributed by atoms with Crippen molar-refractivity contribution in [1.82, 2.24) is 24.8 Å². The zero-order valence-electron chi connectivity index (χ0n) is 17.0. The van der Waals surface area contributed by atoms with Crippen LogP contribution in [0.3, 0.4) is 0 Å². The fourth-order valence-corrected chi connectivity index (χ4v) is 2.33. The first-order chi connectivity index (χ1) is 11.9. The molecule has 26 heavy (non-hydrogen) atoms. The van der Waals surface area contributed by atoms with Crippen LogP contribution in [0.25, 0.3) is 0 Å². The van der Waals surface area contributed by atoms with Crippen molar-refractivity contribution in [3.05, 3.63) is 23.5 Å². The van der Waals surface area contributed by atoms with E-state index in [1.807, 2.05) is 17.7 Å². The quantitative estimate of drug-likeness (QED) is 0.898. The predicted octanol–water partition coefficient (Wildman–Crippen LogP) is 3.54. The summed E-state index contributed by atoms with van der Waals surface area (Å²) < 4.78 is 7.00. The van der Waals surface area contributed by atoms with Crippen LogP contribution in [0.2, 0.25) is 0 Å². The third-order valence-corrected chi connectivity index (χ3v) is 3.89. The summed E-state index contributed by atoms with van der Waals surface area (Å²) in [6, 6.07) is 1.67. The molecule has 0 aliphatic rings. The maximum absolute atomic E-state index is 12.6. The number of hydrogen-bond acceptors (Lipinski definition) is 5. The van der Waals surface area contributed by atoms with Crippen LogP contribution >= 0.6 is 0 Å².